The van der Waals surface area contributed by atoms with Gasteiger partial charge in [0.15, 0.2) is 0 Å². The zero-order valence-corrected chi connectivity index (χ0v) is 11.7. The second kappa shape index (κ2) is 6.49. The maximum atomic E-state index is 11.0. The van der Waals surface area contributed by atoms with Gasteiger partial charge in [0.05, 0.1) is 22.0 Å². The molecule has 1 aromatic rings. The van der Waals surface area contributed by atoms with Gasteiger partial charge >= 0.3 is 0 Å². The largest absolute Gasteiger partial charge is 0.379 e. The number of rotatable bonds is 6. The molecule has 8 nitrogen and oxygen atoms in total. The molecule has 114 valence electrons. The number of nitrogens with one attached hydrogen (secondary N) is 1. The Bertz CT molecular complexity index is 549. The molecule has 1 aliphatic rings. The maximum Gasteiger partial charge on any atom is 0.299 e. The van der Waals surface area contributed by atoms with Crippen LogP contribution in [0.1, 0.15) is 19.8 Å². The highest BCUT2D eigenvalue weighted by Crippen LogP contribution is 2.30. The lowest BCUT2D eigenvalue weighted by Crippen LogP contribution is -2.23. The van der Waals surface area contributed by atoms with Crippen LogP contribution in [0.2, 0.25) is 0 Å². The Labute approximate surface area is 121 Å². The second-order valence-electron chi connectivity index (χ2n) is 4.96. The summed E-state index contributed by atoms with van der Waals surface area (Å²) >= 11 is 0. The fraction of sp³-hybridized carbons (Fsp3) is 0.538. The fourth-order valence-electron chi connectivity index (χ4n) is 2.55. The van der Waals surface area contributed by atoms with Gasteiger partial charge in [-0.15, -0.1) is 0 Å². The van der Waals surface area contributed by atoms with Gasteiger partial charge in [-0.05, 0) is 18.9 Å². The molecular weight excluding hydrogens is 278 g/mol. The molecule has 0 amide bonds. The third kappa shape index (κ3) is 3.46. The second-order valence-corrected chi connectivity index (χ2v) is 4.96. The first-order valence-electron chi connectivity index (χ1n) is 6.81. The summed E-state index contributed by atoms with van der Waals surface area (Å²) in [4.78, 5) is 20.5. The first kappa shape index (κ1) is 15.2. The molecule has 1 aromatic carbocycles. The fourth-order valence-corrected chi connectivity index (χ4v) is 2.55. The van der Waals surface area contributed by atoms with Crippen molar-refractivity contribution >= 4 is 17.1 Å². The van der Waals surface area contributed by atoms with Crippen LogP contribution in [0, 0.1) is 26.1 Å². The minimum Gasteiger partial charge on any atom is -0.379 e. The van der Waals surface area contributed by atoms with E-state index in [1.807, 2.05) is 6.92 Å². The lowest BCUT2D eigenvalue weighted by molar-refractivity contribution is -0.393. The summed E-state index contributed by atoms with van der Waals surface area (Å²) in [5.74, 6) is 0.296. The lowest BCUT2D eigenvalue weighted by Gasteiger charge is -2.17. The van der Waals surface area contributed by atoms with E-state index in [-0.39, 0.29) is 17.5 Å². The number of non-ortho nitro benzene ring substituents is 1. The number of hydrogen-bond acceptors (Lipinski definition) is 6. The van der Waals surface area contributed by atoms with Gasteiger partial charge in [0, 0.05) is 25.1 Å². The zero-order valence-electron chi connectivity index (χ0n) is 11.7. The number of ether oxygens (including phenoxy) is 1. The third-order valence-electron chi connectivity index (χ3n) is 3.69. The van der Waals surface area contributed by atoms with E-state index >= 15 is 0 Å². The maximum absolute atomic E-state index is 11.0. The van der Waals surface area contributed by atoms with Crippen molar-refractivity contribution in [2.75, 3.05) is 18.5 Å². The Balaban J connectivity index is 2.12. The predicted octanol–water partition coefficient (Wildman–Crippen LogP) is 2.73. The molecule has 0 aliphatic carbocycles. The average Bonchev–Trinajstić information content (AvgIpc) is 2.92. The SMILES string of the molecule is CCC1OCCC1CNc1ccc([N+](=O)[O-])cc1[N+](=O)[O-]. The van der Waals surface area contributed by atoms with Crippen LogP contribution in [0.25, 0.3) is 0 Å². The van der Waals surface area contributed by atoms with Crippen LogP contribution in [0.15, 0.2) is 18.2 Å². The van der Waals surface area contributed by atoms with Crippen molar-refractivity contribution in [2.45, 2.75) is 25.9 Å². The Hall–Kier alpha value is -2.22. The minimum atomic E-state index is -0.644. The van der Waals surface area contributed by atoms with E-state index in [1.54, 1.807) is 0 Å². The quantitative estimate of drug-likeness (QED) is 0.638. The lowest BCUT2D eigenvalue weighted by atomic mass is 9.99. The van der Waals surface area contributed by atoms with Crippen molar-refractivity contribution in [1.29, 1.82) is 0 Å². The number of nitro groups is 2. The van der Waals surface area contributed by atoms with Gasteiger partial charge in [-0.3, -0.25) is 20.2 Å². The molecule has 1 heterocycles. The topological polar surface area (TPSA) is 108 Å². The highest BCUT2D eigenvalue weighted by Gasteiger charge is 2.27. The molecule has 1 fully saturated rings. The van der Waals surface area contributed by atoms with Gasteiger partial charge < -0.3 is 10.1 Å². The van der Waals surface area contributed by atoms with E-state index in [9.17, 15) is 20.2 Å². The molecule has 2 unspecified atom stereocenters. The van der Waals surface area contributed by atoms with Crippen molar-refractivity contribution in [3.8, 4) is 0 Å². The van der Waals surface area contributed by atoms with Crippen LogP contribution in [0.4, 0.5) is 17.1 Å². The van der Waals surface area contributed by atoms with Crippen LogP contribution in [0.3, 0.4) is 0 Å². The summed E-state index contributed by atoms with van der Waals surface area (Å²) in [6, 6.07) is 3.62. The van der Waals surface area contributed by atoms with Gasteiger partial charge in [0.25, 0.3) is 11.4 Å². The number of nitrogens with zero attached hydrogens (tertiary/aromatic N) is 2. The molecule has 2 rings (SSSR count). The Morgan fingerprint density at radius 1 is 1.33 bits per heavy atom. The van der Waals surface area contributed by atoms with Crippen molar-refractivity contribution in [2.24, 2.45) is 5.92 Å². The standard InChI is InChI=1S/C13H17N3O5/c1-2-13-9(5-6-21-13)8-14-11-4-3-10(15(17)18)7-12(11)16(19)20/h3-4,7,9,13-14H,2,5-6,8H2,1H3. The zero-order chi connectivity index (χ0) is 15.4. The Kier molecular flexibility index (Phi) is 4.69. The molecule has 0 bridgehead atoms. The summed E-state index contributed by atoms with van der Waals surface area (Å²) in [5, 5.41) is 24.7. The summed E-state index contributed by atoms with van der Waals surface area (Å²) in [5.41, 5.74) is -0.272. The van der Waals surface area contributed by atoms with Crippen molar-refractivity contribution in [3.05, 3.63) is 38.4 Å². The average molecular weight is 295 g/mol. The molecule has 1 N–H and O–H groups in total. The number of hydrogen-bond donors (Lipinski definition) is 1. The molecule has 0 aromatic heterocycles. The van der Waals surface area contributed by atoms with E-state index in [1.165, 1.54) is 12.1 Å². The van der Waals surface area contributed by atoms with Gasteiger partial charge in [-0.2, -0.15) is 0 Å². The van der Waals surface area contributed by atoms with Crippen LogP contribution in [-0.2, 0) is 4.74 Å². The summed E-state index contributed by atoms with van der Waals surface area (Å²) in [6.45, 7) is 3.29. The van der Waals surface area contributed by atoms with Crippen LogP contribution in [-0.4, -0.2) is 29.1 Å². The van der Waals surface area contributed by atoms with E-state index < -0.39 is 9.85 Å². The van der Waals surface area contributed by atoms with Gasteiger partial charge in [0.1, 0.15) is 5.69 Å². The molecule has 0 spiro atoms. The molecule has 8 heteroatoms. The number of benzene rings is 1. The first-order chi connectivity index (χ1) is 10.0. The van der Waals surface area contributed by atoms with Crippen LogP contribution >= 0.6 is 0 Å². The highest BCUT2D eigenvalue weighted by molar-refractivity contribution is 5.65. The molecule has 0 saturated carbocycles. The van der Waals surface area contributed by atoms with Crippen LogP contribution < -0.4 is 5.32 Å². The summed E-state index contributed by atoms with van der Waals surface area (Å²) in [7, 11) is 0. The van der Waals surface area contributed by atoms with Gasteiger partial charge in [-0.25, -0.2) is 0 Å². The smallest absolute Gasteiger partial charge is 0.299 e. The predicted molar refractivity (Wildman–Crippen MR) is 76.4 cm³/mol. The normalized spacial score (nSPS) is 21.2. The molecule has 2 atom stereocenters. The minimum absolute atomic E-state index is 0.162. The Morgan fingerprint density at radius 2 is 2.10 bits per heavy atom. The molecule has 0 radical (unpaired) electrons. The number of anilines is 1. The van der Waals surface area contributed by atoms with E-state index in [2.05, 4.69) is 5.32 Å². The van der Waals surface area contributed by atoms with Crippen molar-refractivity contribution in [1.82, 2.24) is 0 Å². The highest BCUT2D eigenvalue weighted by atomic mass is 16.6. The van der Waals surface area contributed by atoms with Gasteiger partial charge in [0.2, 0.25) is 0 Å². The van der Waals surface area contributed by atoms with E-state index in [0.29, 0.717) is 24.8 Å². The summed E-state index contributed by atoms with van der Waals surface area (Å²) in [6.07, 6.45) is 1.97. The van der Waals surface area contributed by atoms with E-state index in [4.69, 9.17) is 4.74 Å². The Morgan fingerprint density at radius 3 is 2.71 bits per heavy atom. The molecule has 1 saturated heterocycles. The van der Waals surface area contributed by atoms with Crippen LogP contribution in [0.5, 0.6) is 0 Å². The first-order valence-corrected chi connectivity index (χ1v) is 6.81. The van der Waals surface area contributed by atoms with E-state index in [0.717, 1.165) is 18.9 Å². The third-order valence-corrected chi connectivity index (χ3v) is 3.69. The summed E-state index contributed by atoms with van der Waals surface area (Å²) < 4.78 is 5.57. The monoisotopic (exact) mass is 295 g/mol. The van der Waals surface area contributed by atoms with Gasteiger partial charge in [-0.1, -0.05) is 6.92 Å². The number of nitro benzene ring substituents is 2. The van der Waals surface area contributed by atoms with Crippen molar-refractivity contribution in [3.63, 3.8) is 0 Å². The van der Waals surface area contributed by atoms with Crippen molar-refractivity contribution < 1.29 is 14.6 Å². The molecule has 1 aliphatic heterocycles. The molecular formula is C13H17N3O5. The molecule has 21 heavy (non-hydrogen) atoms.